The lowest BCUT2D eigenvalue weighted by Crippen LogP contribution is -2.38. The Labute approximate surface area is 116 Å². The van der Waals surface area contributed by atoms with Gasteiger partial charge in [0, 0.05) is 11.6 Å². The molecule has 0 bridgehead atoms. The molecule has 0 spiro atoms. The summed E-state index contributed by atoms with van der Waals surface area (Å²) < 4.78 is 5.46. The van der Waals surface area contributed by atoms with Gasteiger partial charge < -0.3 is 15.8 Å². The molecule has 1 aromatic rings. The maximum Gasteiger partial charge on any atom is 0.236 e. The van der Waals surface area contributed by atoms with E-state index < -0.39 is 6.04 Å². The van der Waals surface area contributed by atoms with Gasteiger partial charge in [-0.1, -0.05) is 23.2 Å². The molecule has 0 saturated heterocycles. The molecule has 0 fully saturated rings. The minimum absolute atomic E-state index is 0.167. The SMILES string of the molecule is CC(N)C(=O)NCCCOc1ccc(Cl)cc1Cl. The number of benzene rings is 1. The van der Waals surface area contributed by atoms with Crippen LogP contribution in [0.3, 0.4) is 0 Å². The Kier molecular flexibility index (Phi) is 6.25. The van der Waals surface area contributed by atoms with Crippen LogP contribution in [0.2, 0.25) is 10.0 Å². The minimum Gasteiger partial charge on any atom is -0.492 e. The molecule has 0 aliphatic rings. The van der Waals surface area contributed by atoms with Crippen LogP contribution in [0.5, 0.6) is 5.75 Å². The summed E-state index contributed by atoms with van der Waals surface area (Å²) in [5.74, 6) is 0.416. The van der Waals surface area contributed by atoms with Crippen LogP contribution in [0.4, 0.5) is 0 Å². The lowest BCUT2D eigenvalue weighted by Gasteiger charge is -2.10. The molecule has 0 heterocycles. The Hall–Kier alpha value is -0.970. The molecule has 1 rings (SSSR count). The van der Waals surface area contributed by atoms with Crippen molar-refractivity contribution in [1.82, 2.24) is 5.32 Å². The highest BCUT2D eigenvalue weighted by atomic mass is 35.5. The number of nitrogens with two attached hydrogens (primary N) is 1. The van der Waals surface area contributed by atoms with Gasteiger partial charge in [0.25, 0.3) is 0 Å². The van der Waals surface area contributed by atoms with Crippen LogP contribution in [0.1, 0.15) is 13.3 Å². The first-order chi connectivity index (χ1) is 8.50. The number of ether oxygens (including phenoxy) is 1. The van der Waals surface area contributed by atoms with Gasteiger partial charge in [0.2, 0.25) is 5.91 Å². The largest absolute Gasteiger partial charge is 0.492 e. The predicted molar refractivity (Wildman–Crippen MR) is 73.2 cm³/mol. The molecule has 18 heavy (non-hydrogen) atoms. The predicted octanol–water partition coefficient (Wildman–Crippen LogP) is 2.23. The van der Waals surface area contributed by atoms with Crippen molar-refractivity contribution in [3.05, 3.63) is 28.2 Å². The fraction of sp³-hybridized carbons (Fsp3) is 0.417. The number of amides is 1. The standard InChI is InChI=1S/C12H16Cl2N2O2/c1-8(15)12(17)16-5-2-6-18-11-4-3-9(13)7-10(11)14/h3-4,7-8H,2,5-6,15H2,1H3,(H,16,17). The molecule has 3 N–H and O–H groups in total. The molecular formula is C12H16Cl2N2O2. The van der Waals surface area contributed by atoms with Crippen molar-refractivity contribution in [3.63, 3.8) is 0 Å². The van der Waals surface area contributed by atoms with Crippen LogP contribution in [0.15, 0.2) is 18.2 Å². The fourth-order valence-electron chi connectivity index (χ4n) is 1.22. The third-order valence-corrected chi connectivity index (χ3v) is 2.72. The maximum absolute atomic E-state index is 11.2. The van der Waals surface area contributed by atoms with E-state index in [1.165, 1.54) is 0 Å². The lowest BCUT2D eigenvalue weighted by atomic mass is 10.3. The van der Waals surface area contributed by atoms with Gasteiger partial charge in [-0.3, -0.25) is 4.79 Å². The van der Waals surface area contributed by atoms with E-state index in [-0.39, 0.29) is 5.91 Å². The fourth-order valence-corrected chi connectivity index (χ4v) is 1.68. The van der Waals surface area contributed by atoms with E-state index in [0.29, 0.717) is 35.4 Å². The van der Waals surface area contributed by atoms with Gasteiger partial charge in [0.15, 0.2) is 0 Å². The average molecular weight is 291 g/mol. The number of carbonyl (C=O) groups excluding carboxylic acids is 1. The summed E-state index contributed by atoms with van der Waals surface area (Å²) in [6.07, 6.45) is 0.678. The molecule has 6 heteroatoms. The Balaban J connectivity index is 2.24. The smallest absolute Gasteiger partial charge is 0.236 e. The Morgan fingerprint density at radius 2 is 2.22 bits per heavy atom. The first-order valence-corrected chi connectivity index (χ1v) is 6.37. The molecule has 0 radical (unpaired) electrons. The van der Waals surface area contributed by atoms with Crippen LogP contribution >= 0.6 is 23.2 Å². The molecule has 0 aliphatic carbocycles. The molecular weight excluding hydrogens is 275 g/mol. The van der Waals surface area contributed by atoms with E-state index in [1.54, 1.807) is 25.1 Å². The number of hydrogen-bond donors (Lipinski definition) is 2. The second-order valence-corrected chi connectivity index (χ2v) is 4.70. The summed E-state index contributed by atoms with van der Waals surface area (Å²) in [6.45, 7) is 2.62. The summed E-state index contributed by atoms with van der Waals surface area (Å²) >= 11 is 11.7. The van der Waals surface area contributed by atoms with Gasteiger partial charge in [0.1, 0.15) is 5.75 Å². The monoisotopic (exact) mass is 290 g/mol. The number of rotatable bonds is 6. The van der Waals surface area contributed by atoms with Crippen LogP contribution < -0.4 is 15.8 Å². The number of carbonyl (C=O) groups is 1. The van der Waals surface area contributed by atoms with E-state index in [2.05, 4.69) is 5.32 Å². The van der Waals surface area contributed by atoms with Crippen molar-refractivity contribution in [1.29, 1.82) is 0 Å². The Morgan fingerprint density at radius 3 is 2.83 bits per heavy atom. The van der Waals surface area contributed by atoms with Crippen LogP contribution in [-0.2, 0) is 4.79 Å². The number of hydrogen-bond acceptors (Lipinski definition) is 3. The van der Waals surface area contributed by atoms with E-state index in [0.717, 1.165) is 0 Å². The number of nitrogens with one attached hydrogen (secondary N) is 1. The number of halogens is 2. The molecule has 100 valence electrons. The first-order valence-electron chi connectivity index (χ1n) is 5.62. The highest BCUT2D eigenvalue weighted by Crippen LogP contribution is 2.27. The van der Waals surface area contributed by atoms with Crippen molar-refractivity contribution in [2.75, 3.05) is 13.2 Å². The van der Waals surface area contributed by atoms with Gasteiger partial charge in [-0.15, -0.1) is 0 Å². The topological polar surface area (TPSA) is 64.4 Å². The summed E-state index contributed by atoms with van der Waals surface area (Å²) in [5, 5.41) is 3.73. The third kappa shape index (κ3) is 5.12. The highest BCUT2D eigenvalue weighted by Gasteiger charge is 2.06. The van der Waals surface area contributed by atoms with Crippen molar-refractivity contribution in [2.45, 2.75) is 19.4 Å². The molecule has 1 atom stereocenters. The van der Waals surface area contributed by atoms with Crippen molar-refractivity contribution in [2.24, 2.45) is 5.73 Å². The average Bonchev–Trinajstić information content (AvgIpc) is 2.30. The second-order valence-electron chi connectivity index (χ2n) is 3.86. The van der Waals surface area contributed by atoms with E-state index >= 15 is 0 Å². The first kappa shape index (κ1) is 15.1. The zero-order valence-electron chi connectivity index (χ0n) is 10.1. The van der Waals surface area contributed by atoms with Crippen molar-refractivity contribution < 1.29 is 9.53 Å². The zero-order valence-corrected chi connectivity index (χ0v) is 11.6. The molecule has 0 aliphatic heterocycles. The van der Waals surface area contributed by atoms with Gasteiger partial charge >= 0.3 is 0 Å². The molecule has 4 nitrogen and oxygen atoms in total. The molecule has 1 unspecified atom stereocenters. The van der Waals surface area contributed by atoms with Crippen molar-refractivity contribution in [3.8, 4) is 5.75 Å². The van der Waals surface area contributed by atoms with E-state index in [1.807, 2.05) is 0 Å². The summed E-state index contributed by atoms with van der Waals surface area (Å²) in [4.78, 5) is 11.2. The van der Waals surface area contributed by atoms with Crippen LogP contribution in [0.25, 0.3) is 0 Å². The summed E-state index contributed by atoms with van der Waals surface area (Å²) in [7, 11) is 0. The maximum atomic E-state index is 11.2. The quantitative estimate of drug-likeness (QED) is 0.790. The van der Waals surface area contributed by atoms with Crippen LogP contribution in [-0.4, -0.2) is 25.1 Å². The third-order valence-electron chi connectivity index (χ3n) is 2.19. The summed E-state index contributed by atoms with van der Waals surface area (Å²) in [6, 6.07) is 4.55. The summed E-state index contributed by atoms with van der Waals surface area (Å²) in [5.41, 5.74) is 5.40. The van der Waals surface area contributed by atoms with Gasteiger partial charge in [-0.05, 0) is 31.5 Å². The van der Waals surface area contributed by atoms with E-state index in [9.17, 15) is 4.79 Å². The van der Waals surface area contributed by atoms with Gasteiger partial charge in [0.05, 0.1) is 17.7 Å². The Bertz CT molecular complexity index is 411. The normalized spacial score (nSPS) is 12.0. The zero-order chi connectivity index (χ0) is 13.5. The highest BCUT2D eigenvalue weighted by molar-refractivity contribution is 6.35. The van der Waals surface area contributed by atoms with E-state index in [4.69, 9.17) is 33.7 Å². The molecule has 1 aromatic carbocycles. The molecule has 0 aromatic heterocycles. The Morgan fingerprint density at radius 1 is 1.50 bits per heavy atom. The lowest BCUT2D eigenvalue weighted by molar-refractivity contribution is -0.121. The van der Waals surface area contributed by atoms with Crippen molar-refractivity contribution >= 4 is 29.1 Å². The van der Waals surface area contributed by atoms with Crippen LogP contribution in [0, 0.1) is 0 Å². The molecule has 0 saturated carbocycles. The molecule has 1 amide bonds. The second kappa shape index (κ2) is 7.46. The minimum atomic E-state index is -0.489. The van der Waals surface area contributed by atoms with Gasteiger partial charge in [-0.25, -0.2) is 0 Å². The van der Waals surface area contributed by atoms with Gasteiger partial charge in [-0.2, -0.15) is 0 Å².